The van der Waals surface area contributed by atoms with Crippen molar-refractivity contribution in [2.45, 2.75) is 84.5 Å². The standard InChI is InChI=1S/C47H54N8O7/c1-8-26-17-19-55(45(58)39(25(4)5)53-47(60)62-7)40(26)43-49-34-16-13-28(22-35(34)50-43)27-11-14-30-31-15-12-29(21-33(31)41(56)32(30)20-27)36-23-48-42(51-36)37-10-9-18-54(37)44(57)38(24(2)3)52-46(59)61-6/h11-16,20-26,37-40H,8-10,17-19H2,1-7H3,(H,48,51)(H,49,50)(H,52,59)(H,53,60)/t26-,37+,38?,39+,40+/m1/s1. The van der Waals surface area contributed by atoms with Gasteiger partial charge in [-0.25, -0.2) is 19.6 Å². The highest BCUT2D eigenvalue weighted by molar-refractivity contribution is 6.22. The Kier molecular flexibility index (Phi) is 11.6. The van der Waals surface area contributed by atoms with Crippen LogP contribution in [0, 0.1) is 17.8 Å². The van der Waals surface area contributed by atoms with Gasteiger partial charge in [-0.1, -0.05) is 71.4 Å². The van der Waals surface area contributed by atoms with Gasteiger partial charge in [0.15, 0.2) is 5.78 Å². The van der Waals surface area contributed by atoms with E-state index in [0.29, 0.717) is 35.9 Å². The highest BCUT2D eigenvalue weighted by atomic mass is 16.5. The maximum absolute atomic E-state index is 14.1. The number of nitrogens with zero attached hydrogens (tertiary/aromatic N) is 4. The number of carbonyl (C=O) groups is 5. The lowest BCUT2D eigenvalue weighted by atomic mass is 9.96. The van der Waals surface area contributed by atoms with Crippen LogP contribution in [-0.2, 0) is 19.1 Å². The van der Waals surface area contributed by atoms with E-state index >= 15 is 0 Å². The van der Waals surface area contributed by atoms with Gasteiger partial charge in [0.2, 0.25) is 11.8 Å². The summed E-state index contributed by atoms with van der Waals surface area (Å²) in [6, 6.07) is 15.8. The minimum absolute atomic E-state index is 0.0632. The van der Waals surface area contributed by atoms with E-state index in [4.69, 9.17) is 14.5 Å². The fraction of sp³-hybridized carbons (Fsp3) is 0.426. The van der Waals surface area contributed by atoms with Crippen molar-refractivity contribution in [1.29, 1.82) is 0 Å². The molecule has 8 rings (SSSR count). The second kappa shape index (κ2) is 17.1. The van der Waals surface area contributed by atoms with E-state index in [1.807, 2.05) is 87.2 Å². The number of aromatic nitrogens is 4. The zero-order valence-corrected chi connectivity index (χ0v) is 36.2. The Morgan fingerprint density at radius 1 is 0.742 bits per heavy atom. The Morgan fingerprint density at radius 2 is 1.34 bits per heavy atom. The molecule has 15 heteroatoms. The number of likely N-dealkylation sites (tertiary alicyclic amines) is 2. The third kappa shape index (κ3) is 7.68. The first-order valence-corrected chi connectivity index (χ1v) is 21.5. The molecule has 5 aromatic rings. The molecule has 324 valence electrons. The fourth-order valence-electron chi connectivity index (χ4n) is 9.40. The second-order valence-corrected chi connectivity index (χ2v) is 17.2. The number of rotatable bonds is 11. The number of hydrogen-bond acceptors (Lipinski definition) is 9. The summed E-state index contributed by atoms with van der Waals surface area (Å²) in [7, 11) is 2.56. The van der Waals surface area contributed by atoms with E-state index < -0.39 is 24.3 Å². The topological polar surface area (TPSA) is 192 Å². The molecule has 5 atom stereocenters. The average Bonchev–Trinajstić information content (AvgIpc) is 4.13. The van der Waals surface area contributed by atoms with Crippen molar-refractivity contribution in [3.63, 3.8) is 0 Å². The van der Waals surface area contributed by atoms with Crippen molar-refractivity contribution in [2.75, 3.05) is 27.3 Å². The summed E-state index contributed by atoms with van der Waals surface area (Å²) < 4.78 is 9.59. The predicted molar refractivity (Wildman–Crippen MR) is 233 cm³/mol. The molecular weight excluding hydrogens is 789 g/mol. The molecule has 1 unspecified atom stereocenters. The molecule has 15 nitrogen and oxygen atoms in total. The Hall–Kier alpha value is -6.51. The smallest absolute Gasteiger partial charge is 0.407 e. The van der Waals surface area contributed by atoms with Crippen LogP contribution in [0.1, 0.15) is 100.0 Å². The van der Waals surface area contributed by atoms with E-state index in [0.717, 1.165) is 70.2 Å². The van der Waals surface area contributed by atoms with Crippen LogP contribution in [0.2, 0.25) is 0 Å². The van der Waals surface area contributed by atoms with Crippen LogP contribution in [0.4, 0.5) is 9.59 Å². The van der Waals surface area contributed by atoms with Crippen LogP contribution in [0.5, 0.6) is 0 Å². The molecule has 4 heterocycles. The molecule has 3 aromatic carbocycles. The van der Waals surface area contributed by atoms with Crippen molar-refractivity contribution in [3.8, 4) is 33.5 Å². The van der Waals surface area contributed by atoms with Crippen LogP contribution in [0.3, 0.4) is 0 Å². The van der Waals surface area contributed by atoms with Crippen LogP contribution < -0.4 is 10.6 Å². The molecule has 4 N–H and O–H groups in total. The Labute approximate surface area is 360 Å². The number of ether oxygens (including phenoxy) is 2. The van der Waals surface area contributed by atoms with E-state index in [2.05, 4.69) is 32.5 Å². The molecule has 3 aliphatic rings. The van der Waals surface area contributed by atoms with Gasteiger partial charge in [-0.2, -0.15) is 0 Å². The number of amides is 4. The molecule has 4 amide bonds. The lowest BCUT2D eigenvalue weighted by Gasteiger charge is -2.31. The predicted octanol–water partition coefficient (Wildman–Crippen LogP) is 7.56. The van der Waals surface area contributed by atoms with Gasteiger partial charge in [-0.15, -0.1) is 0 Å². The Bertz CT molecular complexity index is 2560. The maximum atomic E-state index is 14.1. The van der Waals surface area contributed by atoms with E-state index in [9.17, 15) is 24.0 Å². The summed E-state index contributed by atoms with van der Waals surface area (Å²) in [5.74, 6) is 0.868. The summed E-state index contributed by atoms with van der Waals surface area (Å²) in [4.78, 5) is 86.1. The average molecular weight is 843 g/mol. The summed E-state index contributed by atoms with van der Waals surface area (Å²) >= 11 is 0. The monoisotopic (exact) mass is 842 g/mol. The number of benzene rings is 3. The van der Waals surface area contributed by atoms with Crippen molar-refractivity contribution in [3.05, 3.63) is 83.6 Å². The van der Waals surface area contributed by atoms with E-state index in [1.54, 1.807) is 11.1 Å². The van der Waals surface area contributed by atoms with Gasteiger partial charge < -0.3 is 39.9 Å². The summed E-state index contributed by atoms with van der Waals surface area (Å²) in [5, 5.41) is 5.42. The molecule has 0 bridgehead atoms. The highest BCUT2D eigenvalue weighted by Crippen LogP contribution is 2.42. The van der Waals surface area contributed by atoms with Gasteiger partial charge in [0.1, 0.15) is 23.7 Å². The van der Waals surface area contributed by atoms with Crippen LogP contribution in [-0.4, -0.2) is 98.9 Å². The summed E-state index contributed by atoms with van der Waals surface area (Å²) in [6.45, 7) is 10.8. The zero-order valence-electron chi connectivity index (χ0n) is 36.2. The molecule has 2 aliphatic heterocycles. The van der Waals surface area contributed by atoms with Crippen LogP contribution >= 0.6 is 0 Å². The van der Waals surface area contributed by atoms with Gasteiger partial charge in [0.05, 0.1) is 49.2 Å². The highest BCUT2D eigenvalue weighted by Gasteiger charge is 2.43. The van der Waals surface area contributed by atoms with Crippen LogP contribution in [0.15, 0.2) is 60.8 Å². The lowest BCUT2D eigenvalue weighted by molar-refractivity contribution is -0.136. The summed E-state index contributed by atoms with van der Waals surface area (Å²) in [6.07, 6.45) is 3.67. The number of H-pyrrole nitrogens is 2. The van der Waals surface area contributed by atoms with Crippen molar-refractivity contribution in [2.24, 2.45) is 17.8 Å². The van der Waals surface area contributed by atoms with Gasteiger partial charge in [0, 0.05) is 29.8 Å². The minimum atomic E-state index is -0.732. The second-order valence-electron chi connectivity index (χ2n) is 17.2. The fourth-order valence-corrected chi connectivity index (χ4v) is 9.40. The largest absolute Gasteiger partial charge is 0.453 e. The molecule has 0 radical (unpaired) electrons. The first kappa shape index (κ1) is 42.2. The van der Waals surface area contributed by atoms with E-state index in [-0.39, 0.29) is 47.4 Å². The first-order valence-electron chi connectivity index (χ1n) is 21.5. The number of hydrogen-bond donors (Lipinski definition) is 4. The van der Waals surface area contributed by atoms with Gasteiger partial charge >= 0.3 is 12.2 Å². The van der Waals surface area contributed by atoms with Gasteiger partial charge in [0.25, 0.3) is 0 Å². The number of aromatic amines is 2. The minimum Gasteiger partial charge on any atom is -0.453 e. The molecule has 2 aromatic heterocycles. The van der Waals surface area contributed by atoms with Crippen LogP contribution in [0.25, 0.3) is 44.5 Å². The molecule has 2 fully saturated rings. The molecule has 0 spiro atoms. The third-order valence-corrected chi connectivity index (χ3v) is 12.8. The molecule has 62 heavy (non-hydrogen) atoms. The Morgan fingerprint density at radius 3 is 1.97 bits per heavy atom. The molecular formula is C47H54N8O7. The zero-order chi connectivity index (χ0) is 44.0. The lowest BCUT2D eigenvalue weighted by Crippen LogP contribution is -2.51. The SMILES string of the molecule is CC[C@@H]1CCN(C(=O)[C@@H](NC(=O)OC)C(C)C)[C@@H]1c1nc2ccc(-c3ccc4c(c3)C(=O)c3cc(-c5cnc([C@@H]6CCCN6C(=O)C(NC(=O)OC)C(C)C)[nH]5)ccc3-4)cc2[nH]1. The van der Waals surface area contributed by atoms with E-state index in [1.165, 1.54) is 14.2 Å². The van der Waals surface area contributed by atoms with Crippen molar-refractivity contribution < 1.29 is 33.4 Å². The number of methoxy groups -OCH3 is 2. The molecule has 0 saturated carbocycles. The summed E-state index contributed by atoms with van der Waals surface area (Å²) in [5.41, 5.74) is 7.89. The number of fused-ring (bicyclic) bond motifs is 4. The Balaban J connectivity index is 1.01. The number of alkyl carbamates (subject to hydrolysis) is 2. The van der Waals surface area contributed by atoms with Crippen molar-refractivity contribution in [1.82, 2.24) is 40.4 Å². The van der Waals surface area contributed by atoms with Gasteiger partial charge in [-0.05, 0) is 83.5 Å². The van der Waals surface area contributed by atoms with Gasteiger partial charge in [-0.3, -0.25) is 14.4 Å². The number of nitrogens with one attached hydrogen (secondary N) is 4. The number of imidazole rings is 2. The molecule has 2 saturated heterocycles. The molecule has 1 aliphatic carbocycles. The quantitative estimate of drug-likeness (QED) is 0.102. The normalized spacial score (nSPS) is 19.2. The number of ketones is 1. The third-order valence-electron chi connectivity index (χ3n) is 12.8. The number of carbonyl (C=O) groups excluding carboxylic acids is 5. The van der Waals surface area contributed by atoms with Crippen molar-refractivity contribution >= 4 is 40.8 Å². The first-order chi connectivity index (χ1) is 29.8. The maximum Gasteiger partial charge on any atom is 0.407 e.